The molecule has 1 aromatic carbocycles. The number of aliphatic carboxylic acids is 1. The van der Waals surface area contributed by atoms with Crippen molar-refractivity contribution in [2.75, 3.05) is 41.9 Å². The van der Waals surface area contributed by atoms with E-state index >= 15 is 0 Å². The van der Waals surface area contributed by atoms with Gasteiger partial charge in [0.25, 0.3) is 0 Å². The van der Waals surface area contributed by atoms with Gasteiger partial charge in [0.05, 0.1) is 42.7 Å². The van der Waals surface area contributed by atoms with Crippen molar-refractivity contribution in [1.82, 2.24) is 25.3 Å². The predicted octanol–water partition coefficient (Wildman–Crippen LogP) is 3.84. The summed E-state index contributed by atoms with van der Waals surface area (Å²) < 4.78 is 11.9. The molecule has 0 aliphatic carbocycles. The van der Waals surface area contributed by atoms with Gasteiger partial charge >= 0.3 is 5.97 Å². The number of benzene rings is 1. The maximum absolute atomic E-state index is 14.3. The molecule has 13 nitrogen and oxygen atoms in total. The fourth-order valence-corrected chi connectivity index (χ4v) is 8.15. The highest BCUT2D eigenvalue weighted by atomic mass is 16.5. The third-order valence-electron chi connectivity index (χ3n) is 10.9. The number of nitrogens with zero attached hydrogens (tertiary/aromatic N) is 3. The Morgan fingerprint density at radius 1 is 0.907 bits per heavy atom. The lowest BCUT2D eigenvalue weighted by Crippen LogP contribution is -2.59. The van der Waals surface area contributed by atoms with Gasteiger partial charge in [0, 0.05) is 34.2 Å². The molecule has 0 radical (unpaired) electrons. The standard InChI is InChI=1S/C41H69N5O8/c1-13-18-27(6)36(45(10)40(50)34(25(2)3)43-39(49)35(26(4)5)44(8)9)32(53-11)24-33(47)46-22-17-21-31(46)37(54-12)28(7)38(48)42-30(41(51)52)23-29-19-15-14-16-20-29/h14-16,19-20,25-28,30-32,34-37H,13,17-18,21-24H2,1-12H3,(H,42,48)(H,43,49)(H,51,52)/t27?,28-,30+,31+,32-,34+,35?,36?,37-/m1/s1. The second-order valence-corrected chi connectivity index (χ2v) is 15.9. The summed E-state index contributed by atoms with van der Waals surface area (Å²) in [4.78, 5) is 72.8. The molecular weight excluding hydrogens is 690 g/mol. The van der Waals surface area contributed by atoms with E-state index in [1.54, 1.807) is 30.9 Å². The highest BCUT2D eigenvalue weighted by Gasteiger charge is 2.43. The van der Waals surface area contributed by atoms with Gasteiger partial charge in [0.1, 0.15) is 12.1 Å². The summed E-state index contributed by atoms with van der Waals surface area (Å²) in [6, 6.07) is 5.90. The SMILES string of the molecule is CCCC(C)C([C@@H](CC(=O)N1CCC[C@H]1[C@H](OC)[C@@H](C)C(=O)N[C@@H](Cc1ccccc1)C(=O)O)OC)N(C)C(=O)[C@@H](NC(=O)C(C(C)C)N(C)C)C(C)C. The van der Waals surface area contributed by atoms with Gasteiger partial charge in [-0.2, -0.15) is 0 Å². The van der Waals surface area contributed by atoms with Crippen LogP contribution in [0.1, 0.15) is 86.1 Å². The Morgan fingerprint density at radius 2 is 1.54 bits per heavy atom. The van der Waals surface area contributed by atoms with Crippen LogP contribution in [0, 0.1) is 23.7 Å². The molecule has 1 aromatic rings. The summed E-state index contributed by atoms with van der Waals surface area (Å²) in [7, 11) is 8.48. The van der Waals surface area contributed by atoms with Gasteiger partial charge in [-0.15, -0.1) is 0 Å². The number of carbonyl (C=O) groups excluding carboxylic acids is 4. The summed E-state index contributed by atoms with van der Waals surface area (Å²) >= 11 is 0. The van der Waals surface area contributed by atoms with Crippen LogP contribution in [0.5, 0.6) is 0 Å². The molecule has 1 aliphatic heterocycles. The van der Waals surface area contributed by atoms with E-state index in [1.165, 1.54) is 7.11 Å². The smallest absolute Gasteiger partial charge is 0.326 e. The summed E-state index contributed by atoms with van der Waals surface area (Å²) in [5.74, 6) is -3.18. The van der Waals surface area contributed by atoms with Crippen LogP contribution in [0.2, 0.25) is 0 Å². The van der Waals surface area contributed by atoms with Crippen molar-refractivity contribution in [3.05, 3.63) is 35.9 Å². The number of nitrogens with one attached hydrogen (secondary N) is 2. The first-order chi connectivity index (χ1) is 25.4. The van der Waals surface area contributed by atoms with E-state index in [1.807, 2.05) is 77.0 Å². The van der Waals surface area contributed by atoms with Gasteiger partial charge in [-0.05, 0) is 56.7 Å². The second kappa shape index (κ2) is 22.1. The first-order valence-corrected chi connectivity index (χ1v) is 19.6. The van der Waals surface area contributed by atoms with E-state index < -0.39 is 60.2 Å². The van der Waals surface area contributed by atoms with E-state index in [2.05, 4.69) is 24.5 Å². The van der Waals surface area contributed by atoms with E-state index in [4.69, 9.17) is 9.47 Å². The van der Waals surface area contributed by atoms with Crippen molar-refractivity contribution in [3.63, 3.8) is 0 Å². The number of rotatable bonds is 22. The average Bonchev–Trinajstić information content (AvgIpc) is 3.59. The van der Waals surface area contributed by atoms with Crippen molar-refractivity contribution >= 4 is 29.6 Å². The van der Waals surface area contributed by atoms with E-state index in [0.717, 1.165) is 18.4 Å². The fraction of sp³-hybridized carbons (Fsp3) is 0.732. The van der Waals surface area contributed by atoms with Crippen LogP contribution < -0.4 is 10.6 Å². The lowest BCUT2D eigenvalue weighted by atomic mass is 9.88. The largest absolute Gasteiger partial charge is 0.480 e. The van der Waals surface area contributed by atoms with Crippen LogP contribution in [-0.2, 0) is 39.9 Å². The van der Waals surface area contributed by atoms with Gasteiger partial charge in [-0.25, -0.2) is 4.79 Å². The molecule has 0 saturated carbocycles. The minimum atomic E-state index is -1.14. The van der Waals surface area contributed by atoms with Crippen LogP contribution >= 0.6 is 0 Å². The number of amides is 4. The summed E-state index contributed by atoms with van der Waals surface area (Å²) in [6.07, 6.45) is 1.76. The molecule has 1 saturated heterocycles. The number of likely N-dealkylation sites (N-methyl/N-ethyl adjacent to an activating group) is 2. The van der Waals surface area contributed by atoms with Gasteiger partial charge < -0.3 is 35.0 Å². The predicted molar refractivity (Wildman–Crippen MR) is 210 cm³/mol. The number of hydrogen-bond donors (Lipinski definition) is 3. The zero-order valence-electron chi connectivity index (χ0n) is 34.8. The fourth-order valence-electron chi connectivity index (χ4n) is 8.15. The zero-order valence-corrected chi connectivity index (χ0v) is 34.8. The molecule has 0 aromatic heterocycles. The molecule has 1 heterocycles. The minimum absolute atomic E-state index is 0.00667. The number of methoxy groups -OCH3 is 2. The van der Waals surface area contributed by atoms with Crippen molar-refractivity contribution in [3.8, 4) is 0 Å². The Balaban J connectivity index is 2.30. The van der Waals surface area contributed by atoms with Crippen molar-refractivity contribution in [2.45, 2.75) is 129 Å². The van der Waals surface area contributed by atoms with Crippen molar-refractivity contribution in [1.29, 1.82) is 0 Å². The first-order valence-electron chi connectivity index (χ1n) is 19.6. The lowest BCUT2D eigenvalue weighted by molar-refractivity contribution is -0.148. The molecule has 3 unspecified atom stereocenters. The second-order valence-electron chi connectivity index (χ2n) is 15.9. The molecule has 2 rings (SSSR count). The monoisotopic (exact) mass is 760 g/mol. The molecule has 13 heteroatoms. The minimum Gasteiger partial charge on any atom is -0.480 e. The Kier molecular flexibility index (Phi) is 19.1. The van der Waals surface area contributed by atoms with Gasteiger partial charge in [-0.1, -0.05) is 85.2 Å². The van der Waals surface area contributed by atoms with Crippen LogP contribution in [0.4, 0.5) is 0 Å². The number of carboxylic acid groups (broad SMARTS) is 1. The molecular formula is C41H69N5O8. The van der Waals surface area contributed by atoms with Crippen molar-refractivity contribution in [2.24, 2.45) is 23.7 Å². The molecule has 9 atom stereocenters. The van der Waals surface area contributed by atoms with Gasteiger partial charge in [0.2, 0.25) is 23.6 Å². The third kappa shape index (κ3) is 12.5. The highest BCUT2D eigenvalue weighted by molar-refractivity contribution is 5.90. The molecule has 1 fully saturated rings. The van der Waals surface area contributed by atoms with Crippen molar-refractivity contribution < 1.29 is 38.6 Å². The number of hydrogen-bond acceptors (Lipinski definition) is 8. The molecule has 0 bridgehead atoms. The van der Waals surface area contributed by atoms with Crippen LogP contribution in [0.3, 0.4) is 0 Å². The lowest BCUT2D eigenvalue weighted by Gasteiger charge is -2.41. The molecule has 3 N–H and O–H groups in total. The average molecular weight is 760 g/mol. The van der Waals surface area contributed by atoms with E-state index in [-0.39, 0.29) is 48.3 Å². The van der Waals surface area contributed by atoms with Gasteiger partial charge in [0.15, 0.2) is 0 Å². The zero-order chi connectivity index (χ0) is 40.9. The Morgan fingerprint density at radius 3 is 2.04 bits per heavy atom. The first kappa shape index (κ1) is 46.6. The van der Waals surface area contributed by atoms with Crippen LogP contribution in [-0.4, -0.2) is 134 Å². The third-order valence-corrected chi connectivity index (χ3v) is 10.9. The normalized spacial score (nSPS) is 19.1. The summed E-state index contributed by atoms with van der Waals surface area (Å²) in [5.41, 5.74) is 0.786. The quantitative estimate of drug-likeness (QED) is 0.160. The maximum Gasteiger partial charge on any atom is 0.326 e. The van der Waals surface area contributed by atoms with Gasteiger partial charge in [-0.3, -0.25) is 24.1 Å². The summed E-state index contributed by atoms with van der Waals surface area (Å²) in [5, 5.41) is 15.6. The summed E-state index contributed by atoms with van der Waals surface area (Å²) in [6.45, 7) is 14.1. The van der Waals surface area contributed by atoms with E-state index in [9.17, 15) is 29.1 Å². The molecule has 306 valence electrons. The van der Waals surface area contributed by atoms with Crippen LogP contribution in [0.25, 0.3) is 0 Å². The molecule has 4 amide bonds. The maximum atomic E-state index is 14.3. The number of carbonyl (C=O) groups is 5. The Hall–Kier alpha value is -3.55. The Bertz CT molecular complexity index is 1350. The number of likely N-dealkylation sites (tertiary alicyclic amines) is 1. The van der Waals surface area contributed by atoms with E-state index in [0.29, 0.717) is 19.4 Å². The van der Waals surface area contributed by atoms with Crippen LogP contribution in [0.15, 0.2) is 30.3 Å². The highest BCUT2D eigenvalue weighted by Crippen LogP contribution is 2.30. The topological polar surface area (TPSA) is 158 Å². The molecule has 1 aliphatic rings. The molecule has 54 heavy (non-hydrogen) atoms. The Labute approximate surface area is 323 Å². The number of ether oxygens (including phenoxy) is 2. The number of carboxylic acids is 1. The molecule has 0 spiro atoms.